The largest absolute Gasteiger partial charge is 0.497 e. The number of ether oxygens (including phenoxy) is 4. The Balaban J connectivity index is 0.000000777. The first-order valence-corrected chi connectivity index (χ1v) is 13.9. The third-order valence-electron chi connectivity index (χ3n) is 6.13. The van der Waals surface area contributed by atoms with Crippen LogP contribution in [0.3, 0.4) is 0 Å². The lowest BCUT2D eigenvalue weighted by atomic mass is 10.1. The van der Waals surface area contributed by atoms with Gasteiger partial charge in [0, 0.05) is 50.1 Å². The van der Waals surface area contributed by atoms with Crippen LogP contribution in [0, 0.1) is 11.8 Å². The molecule has 0 spiro atoms. The Labute approximate surface area is 263 Å². The summed E-state index contributed by atoms with van der Waals surface area (Å²) in [5, 5.41) is 29.4. The first kappa shape index (κ1) is 36.0. The lowest BCUT2D eigenvalue weighted by Gasteiger charge is -2.15. The van der Waals surface area contributed by atoms with E-state index in [-0.39, 0.29) is 6.61 Å². The van der Waals surface area contributed by atoms with Gasteiger partial charge in [-0.3, -0.25) is 0 Å². The van der Waals surface area contributed by atoms with E-state index in [2.05, 4.69) is 17.2 Å². The van der Waals surface area contributed by atoms with Crippen LogP contribution in [0.2, 0.25) is 0 Å². The average Bonchev–Trinajstić information content (AvgIpc) is 3.04. The highest BCUT2D eigenvalue weighted by Crippen LogP contribution is 2.27. The first-order valence-electron chi connectivity index (χ1n) is 13.9. The molecule has 11 nitrogen and oxygen atoms in total. The monoisotopic (exact) mass is 620 g/mol. The zero-order valence-corrected chi connectivity index (χ0v) is 26.1. The number of hydrogen-bond donors (Lipinski definition) is 4. The molecule has 0 bridgehead atoms. The summed E-state index contributed by atoms with van der Waals surface area (Å²) < 4.78 is 21.9. The molecular formula is C34H40N2O9. The van der Waals surface area contributed by atoms with E-state index in [0.29, 0.717) is 48.2 Å². The van der Waals surface area contributed by atoms with Gasteiger partial charge in [-0.15, -0.1) is 0 Å². The fourth-order valence-electron chi connectivity index (χ4n) is 3.76. The molecule has 0 radical (unpaired) electrons. The minimum atomic E-state index is -1.26. The molecule has 3 rings (SSSR count). The van der Waals surface area contributed by atoms with E-state index in [1.807, 2.05) is 73.6 Å². The number of methoxy groups -OCH3 is 3. The number of benzene rings is 3. The summed E-state index contributed by atoms with van der Waals surface area (Å²) in [6, 6.07) is 19.4. The maximum absolute atomic E-state index is 10.5. The Morgan fingerprint density at radius 1 is 0.844 bits per heavy atom. The van der Waals surface area contributed by atoms with Gasteiger partial charge < -0.3 is 44.5 Å². The van der Waals surface area contributed by atoms with E-state index in [9.17, 15) is 14.7 Å². The van der Waals surface area contributed by atoms with Gasteiger partial charge in [-0.05, 0) is 67.1 Å². The van der Waals surface area contributed by atoms with Crippen molar-refractivity contribution < 1.29 is 43.9 Å². The molecule has 3 aromatic rings. The molecule has 0 aliphatic heterocycles. The molecule has 0 amide bonds. The second-order valence-corrected chi connectivity index (χ2v) is 9.67. The molecule has 1 unspecified atom stereocenters. The number of carboxylic acid groups (broad SMARTS) is 2. The van der Waals surface area contributed by atoms with Crippen molar-refractivity contribution in [3.8, 4) is 34.8 Å². The van der Waals surface area contributed by atoms with Crippen LogP contribution in [0.15, 0.2) is 72.8 Å². The molecule has 0 fully saturated rings. The fraction of sp³-hybridized carbons (Fsp3) is 0.294. The van der Waals surface area contributed by atoms with E-state index in [0.717, 1.165) is 28.8 Å². The number of carboxylic acids is 2. The molecule has 45 heavy (non-hydrogen) atoms. The predicted octanol–water partition coefficient (Wildman–Crippen LogP) is 3.46. The molecule has 240 valence electrons. The number of nitrogens with zero attached hydrogens (tertiary/aromatic N) is 1. The molecule has 0 saturated heterocycles. The zero-order chi connectivity index (χ0) is 33.2. The third kappa shape index (κ3) is 13.3. The van der Waals surface area contributed by atoms with Gasteiger partial charge in [0.25, 0.3) is 0 Å². The Kier molecular flexibility index (Phi) is 15.3. The van der Waals surface area contributed by atoms with Crippen LogP contribution in [0.25, 0.3) is 0 Å². The quantitative estimate of drug-likeness (QED) is 0.119. The maximum Gasteiger partial charge on any atom is 0.328 e. The summed E-state index contributed by atoms with van der Waals surface area (Å²) in [5.74, 6) is 6.50. The number of aliphatic carboxylic acids is 2. The van der Waals surface area contributed by atoms with Crippen LogP contribution in [0.4, 0.5) is 5.69 Å². The van der Waals surface area contributed by atoms with Crippen LogP contribution < -0.4 is 29.2 Å². The summed E-state index contributed by atoms with van der Waals surface area (Å²) >= 11 is 0. The van der Waals surface area contributed by atoms with Crippen molar-refractivity contribution >= 4 is 17.6 Å². The van der Waals surface area contributed by atoms with Gasteiger partial charge in [0.2, 0.25) is 0 Å². The average molecular weight is 621 g/mol. The summed E-state index contributed by atoms with van der Waals surface area (Å²) in [6.45, 7) is 1.23. The van der Waals surface area contributed by atoms with Gasteiger partial charge >= 0.3 is 11.9 Å². The van der Waals surface area contributed by atoms with Crippen molar-refractivity contribution in [1.82, 2.24) is 5.32 Å². The lowest BCUT2D eigenvalue weighted by molar-refractivity contribution is -0.134. The van der Waals surface area contributed by atoms with E-state index < -0.39 is 18.0 Å². The lowest BCUT2D eigenvalue weighted by Crippen LogP contribution is -2.32. The van der Waals surface area contributed by atoms with Crippen LogP contribution in [0.5, 0.6) is 23.0 Å². The zero-order valence-electron chi connectivity index (χ0n) is 26.1. The Morgan fingerprint density at radius 2 is 1.51 bits per heavy atom. The molecule has 11 heteroatoms. The first-order chi connectivity index (χ1) is 21.6. The topological polar surface area (TPSA) is 147 Å². The number of rotatable bonds is 14. The smallest absolute Gasteiger partial charge is 0.328 e. The number of anilines is 1. The molecular weight excluding hydrogens is 580 g/mol. The van der Waals surface area contributed by atoms with Crippen LogP contribution in [-0.4, -0.2) is 88.5 Å². The maximum atomic E-state index is 10.5. The second kappa shape index (κ2) is 19.2. The van der Waals surface area contributed by atoms with E-state index in [4.69, 9.17) is 29.2 Å². The third-order valence-corrected chi connectivity index (χ3v) is 6.13. The minimum absolute atomic E-state index is 0.128. The predicted molar refractivity (Wildman–Crippen MR) is 172 cm³/mol. The number of aliphatic hydroxyl groups is 1. The number of nitrogens with one attached hydrogen (secondary N) is 1. The number of hydrogen-bond acceptors (Lipinski definition) is 9. The van der Waals surface area contributed by atoms with Gasteiger partial charge in [-0.2, -0.15) is 0 Å². The summed E-state index contributed by atoms with van der Waals surface area (Å²) in [5.41, 5.74) is 3.87. The van der Waals surface area contributed by atoms with Gasteiger partial charge in [-0.25, -0.2) is 9.59 Å². The fourth-order valence-corrected chi connectivity index (χ4v) is 3.76. The Bertz CT molecular complexity index is 1460. The molecule has 4 N–H and O–H groups in total. The molecule has 0 aliphatic rings. The van der Waals surface area contributed by atoms with Crippen LogP contribution >= 0.6 is 0 Å². The molecule has 0 saturated carbocycles. The van der Waals surface area contributed by atoms with Crippen LogP contribution in [0.1, 0.15) is 16.7 Å². The van der Waals surface area contributed by atoms with Gasteiger partial charge in [-0.1, -0.05) is 17.9 Å². The van der Waals surface area contributed by atoms with Crippen LogP contribution in [-0.2, 0) is 16.0 Å². The van der Waals surface area contributed by atoms with Crippen molar-refractivity contribution in [2.24, 2.45) is 0 Å². The van der Waals surface area contributed by atoms with E-state index in [1.54, 1.807) is 27.4 Å². The Hall–Kier alpha value is -5.18. The minimum Gasteiger partial charge on any atom is -0.497 e. The number of carbonyl (C=O) groups is 2. The molecule has 0 heterocycles. The summed E-state index contributed by atoms with van der Waals surface area (Å²) in [7, 11) is 8.85. The van der Waals surface area contributed by atoms with Gasteiger partial charge in [0.05, 0.1) is 26.9 Å². The van der Waals surface area contributed by atoms with Crippen molar-refractivity contribution in [3.05, 3.63) is 89.5 Å². The van der Waals surface area contributed by atoms with E-state index in [1.165, 1.54) is 0 Å². The van der Waals surface area contributed by atoms with E-state index >= 15 is 0 Å². The molecule has 0 aromatic heterocycles. The van der Waals surface area contributed by atoms with Gasteiger partial charge in [0.1, 0.15) is 24.2 Å². The highest BCUT2D eigenvalue weighted by atomic mass is 16.5. The normalized spacial score (nSPS) is 10.9. The SMILES string of the molecule is COc1ccc(C#Cc2ccc(N(C)C)cc2)c(OCC(O)CNCCc2ccc(OC)c(OC)c2)c1.O=C(O)/C=C/C(=O)O. The summed E-state index contributed by atoms with van der Waals surface area (Å²) in [4.78, 5) is 21.2. The van der Waals surface area contributed by atoms with Crippen molar-refractivity contribution in [2.45, 2.75) is 12.5 Å². The molecule has 0 aliphatic carbocycles. The highest BCUT2D eigenvalue weighted by molar-refractivity contribution is 5.89. The Morgan fingerprint density at radius 3 is 2.09 bits per heavy atom. The highest BCUT2D eigenvalue weighted by Gasteiger charge is 2.10. The van der Waals surface area contributed by atoms with Crippen molar-refractivity contribution in [3.63, 3.8) is 0 Å². The number of aliphatic hydroxyl groups excluding tert-OH is 1. The second-order valence-electron chi connectivity index (χ2n) is 9.67. The standard InChI is InChI=1S/C30H36N2O5.C4H4O4/c1-32(2)25-12-7-22(8-13-25)6-10-24-11-14-27(34-3)19-29(24)37-21-26(33)20-31-17-16-23-9-15-28(35-4)30(18-23)36-5;5-3(6)1-2-4(7)8/h7-9,11-15,18-19,26,31,33H,16-17,20-21H2,1-5H3;1-2H,(H,5,6)(H,7,8)/b;2-1+. The van der Waals surface area contributed by atoms with Crippen molar-refractivity contribution in [2.75, 3.05) is 60.0 Å². The van der Waals surface area contributed by atoms with Crippen molar-refractivity contribution in [1.29, 1.82) is 0 Å². The molecule has 1 atom stereocenters. The van der Waals surface area contributed by atoms with Gasteiger partial charge in [0.15, 0.2) is 11.5 Å². The summed E-state index contributed by atoms with van der Waals surface area (Å²) in [6.07, 6.45) is 1.22. The molecule has 3 aromatic carbocycles.